The molecular formula is C36H66. The molecule has 5 aliphatic carbocycles. The van der Waals surface area contributed by atoms with E-state index < -0.39 is 0 Å². The Hall–Kier alpha value is 0. The van der Waals surface area contributed by atoms with Gasteiger partial charge in [0.2, 0.25) is 0 Å². The van der Waals surface area contributed by atoms with Crippen molar-refractivity contribution in [1.82, 2.24) is 0 Å². The predicted octanol–water partition coefficient (Wildman–Crippen LogP) is 11.7. The quantitative estimate of drug-likeness (QED) is 0.327. The van der Waals surface area contributed by atoms with Crippen LogP contribution < -0.4 is 0 Å². The lowest BCUT2D eigenvalue weighted by Gasteiger charge is -2.48. The molecule has 5 aliphatic rings. The van der Waals surface area contributed by atoms with Crippen LogP contribution in [0, 0.1) is 65.1 Å². The van der Waals surface area contributed by atoms with Gasteiger partial charge in [0.05, 0.1) is 0 Å². The Morgan fingerprint density at radius 1 is 0.528 bits per heavy atom. The van der Waals surface area contributed by atoms with E-state index in [1.54, 1.807) is 77.0 Å². The van der Waals surface area contributed by atoms with Crippen LogP contribution >= 0.6 is 0 Å². The van der Waals surface area contributed by atoms with E-state index in [-0.39, 0.29) is 0 Å². The number of hydrogen-bond donors (Lipinski definition) is 0. The van der Waals surface area contributed by atoms with Gasteiger partial charge in [-0.05, 0) is 123 Å². The molecule has 0 aromatic rings. The summed E-state index contributed by atoms with van der Waals surface area (Å²) in [5.41, 5.74) is 0. The van der Waals surface area contributed by atoms with Crippen molar-refractivity contribution in [2.24, 2.45) is 65.1 Å². The largest absolute Gasteiger partial charge is 0.0654 e. The summed E-state index contributed by atoms with van der Waals surface area (Å²) in [6.45, 7) is 12.2. The van der Waals surface area contributed by atoms with Gasteiger partial charge in [0.25, 0.3) is 0 Å². The van der Waals surface area contributed by atoms with Gasteiger partial charge in [0, 0.05) is 0 Å². The third-order valence-corrected chi connectivity index (χ3v) is 13.0. The average Bonchev–Trinajstić information content (AvgIpc) is 3.58. The van der Waals surface area contributed by atoms with Crippen molar-refractivity contribution in [1.29, 1.82) is 0 Å². The summed E-state index contributed by atoms with van der Waals surface area (Å²) >= 11 is 0. The van der Waals surface area contributed by atoms with E-state index in [0.29, 0.717) is 0 Å². The van der Waals surface area contributed by atoms with E-state index in [1.807, 2.05) is 0 Å². The van der Waals surface area contributed by atoms with Gasteiger partial charge in [0.1, 0.15) is 0 Å². The molecule has 0 radical (unpaired) electrons. The fourth-order valence-electron chi connectivity index (χ4n) is 10.5. The number of rotatable bonds is 7. The Balaban J connectivity index is 0.000000187. The van der Waals surface area contributed by atoms with Crippen LogP contribution in [0.5, 0.6) is 0 Å². The summed E-state index contributed by atoms with van der Waals surface area (Å²) in [6.07, 6.45) is 30.5. The van der Waals surface area contributed by atoms with E-state index in [4.69, 9.17) is 0 Å². The Bertz CT molecular complexity index is 591. The van der Waals surface area contributed by atoms with Crippen LogP contribution in [-0.2, 0) is 0 Å². The molecule has 0 aromatic carbocycles. The average molecular weight is 499 g/mol. The zero-order chi connectivity index (χ0) is 25.5. The Labute approximate surface area is 227 Å². The molecule has 7 atom stereocenters. The predicted molar refractivity (Wildman–Crippen MR) is 159 cm³/mol. The summed E-state index contributed by atoms with van der Waals surface area (Å²) < 4.78 is 0. The van der Waals surface area contributed by atoms with Gasteiger partial charge in [-0.25, -0.2) is 0 Å². The lowest BCUT2D eigenvalue weighted by Crippen LogP contribution is -2.40. The molecule has 0 spiro atoms. The summed E-state index contributed by atoms with van der Waals surface area (Å²) in [5, 5.41) is 0. The van der Waals surface area contributed by atoms with Gasteiger partial charge in [-0.15, -0.1) is 0 Å². The second-order valence-electron chi connectivity index (χ2n) is 15.0. The van der Waals surface area contributed by atoms with Gasteiger partial charge in [-0.2, -0.15) is 0 Å². The van der Waals surface area contributed by atoms with Crippen molar-refractivity contribution >= 4 is 0 Å². The van der Waals surface area contributed by atoms with Crippen molar-refractivity contribution in [2.75, 3.05) is 0 Å². The van der Waals surface area contributed by atoms with Gasteiger partial charge in [-0.1, -0.05) is 105 Å². The molecule has 5 rings (SSSR count). The molecule has 0 aliphatic heterocycles. The van der Waals surface area contributed by atoms with Gasteiger partial charge in [-0.3, -0.25) is 0 Å². The molecule has 0 N–H and O–H groups in total. The first-order valence-corrected chi connectivity index (χ1v) is 17.5. The molecule has 5 fully saturated rings. The summed E-state index contributed by atoms with van der Waals surface area (Å²) in [5.74, 6) is 11.9. The van der Waals surface area contributed by atoms with E-state index in [1.165, 1.54) is 51.4 Å². The molecule has 0 heterocycles. The number of fused-ring (bicyclic) bond motifs is 1. The lowest BCUT2D eigenvalue weighted by atomic mass is 9.57. The van der Waals surface area contributed by atoms with Gasteiger partial charge >= 0.3 is 0 Å². The number of unbranched alkanes of at least 4 members (excludes halogenated alkanes) is 1. The normalized spacial score (nSPS) is 45.1. The summed E-state index contributed by atoms with van der Waals surface area (Å²) in [6, 6.07) is 0. The first kappa shape index (κ1) is 29.0. The van der Waals surface area contributed by atoms with Crippen molar-refractivity contribution in [3.63, 3.8) is 0 Å². The summed E-state index contributed by atoms with van der Waals surface area (Å²) in [4.78, 5) is 0. The molecule has 0 saturated heterocycles. The Kier molecular flexibility index (Phi) is 11.6. The van der Waals surface area contributed by atoms with Crippen LogP contribution in [0.25, 0.3) is 0 Å². The fraction of sp³-hybridized carbons (Fsp3) is 1.00. The zero-order valence-electron chi connectivity index (χ0n) is 25.5. The molecule has 0 heteroatoms. The highest BCUT2D eigenvalue weighted by Gasteiger charge is 2.46. The monoisotopic (exact) mass is 499 g/mol. The standard InChI is InChI=1S/C22H40.C14H26/c1-4-6-9-21-16(3)20-10-7-8-19(20)15-22(21)18-13-11-17(5-2)12-14-18;1-3-12-5-8-13(9-6-12)14-7-4-11(2)10-14/h16-22H,4-15H2,1-3H3;11-14H,3-10H2,1-2H3. The molecule has 0 bridgehead atoms. The SMILES string of the molecule is CCC1CCC(C2CCC(C)C2)CC1.CCCCC1C(C)C2CCCC2CC1C1CCC(CC)CC1. The van der Waals surface area contributed by atoms with Crippen LogP contribution in [0.4, 0.5) is 0 Å². The first-order chi connectivity index (χ1) is 17.5. The molecule has 5 saturated carbocycles. The zero-order valence-corrected chi connectivity index (χ0v) is 25.5. The molecule has 0 nitrogen and oxygen atoms in total. The highest BCUT2D eigenvalue weighted by molar-refractivity contribution is 4.96. The van der Waals surface area contributed by atoms with E-state index in [9.17, 15) is 0 Å². The molecular weight excluding hydrogens is 432 g/mol. The topological polar surface area (TPSA) is 0 Å². The fourth-order valence-corrected chi connectivity index (χ4v) is 10.5. The highest BCUT2D eigenvalue weighted by Crippen LogP contribution is 2.55. The highest BCUT2D eigenvalue weighted by atomic mass is 14.5. The molecule has 36 heavy (non-hydrogen) atoms. The van der Waals surface area contributed by atoms with Crippen LogP contribution in [0.2, 0.25) is 0 Å². The third kappa shape index (κ3) is 7.34. The maximum absolute atomic E-state index is 2.65. The Morgan fingerprint density at radius 3 is 1.69 bits per heavy atom. The van der Waals surface area contributed by atoms with Crippen LogP contribution in [0.3, 0.4) is 0 Å². The first-order valence-electron chi connectivity index (χ1n) is 17.5. The lowest BCUT2D eigenvalue weighted by molar-refractivity contribution is 0.00916. The maximum atomic E-state index is 2.65. The smallest absolute Gasteiger partial charge is 0.0352 e. The molecule has 0 aromatic heterocycles. The number of hydrogen-bond acceptors (Lipinski definition) is 0. The molecule has 7 unspecified atom stereocenters. The minimum Gasteiger partial charge on any atom is -0.0654 e. The minimum atomic E-state index is 1.03. The third-order valence-electron chi connectivity index (χ3n) is 13.0. The van der Waals surface area contributed by atoms with E-state index in [2.05, 4.69) is 34.6 Å². The summed E-state index contributed by atoms with van der Waals surface area (Å²) in [7, 11) is 0. The van der Waals surface area contributed by atoms with Crippen molar-refractivity contribution < 1.29 is 0 Å². The van der Waals surface area contributed by atoms with Crippen molar-refractivity contribution in [3.8, 4) is 0 Å². The van der Waals surface area contributed by atoms with Gasteiger partial charge in [0.15, 0.2) is 0 Å². The maximum Gasteiger partial charge on any atom is -0.0352 e. The second-order valence-corrected chi connectivity index (χ2v) is 15.0. The van der Waals surface area contributed by atoms with Crippen LogP contribution in [0.15, 0.2) is 0 Å². The van der Waals surface area contributed by atoms with Crippen molar-refractivity contribution in [3.05, 3.63) is 0 Å². The van der Waals surface area contributed by atoms with Crippen LogP contribution in [-0.4, -0.2) is 0 Å². The van der Waals surface area contributed by atoms with E-state index >= 15 is 0 Å². The van der Waals surface area contributed by atoms with Crippen molar-refractivity contribution in [2.45, 2.75) is 163 Å². The minimum absolute atomic E-state index is 1.03. The van der Waals surface area contributed by atoms with Gasteiger partial charge < -0.3 is 0 Å². The van der Waals surface area contributed by atoms with Crippen LogP contribution in [0.1, 0.15) is 163 Å². The second kappa shape index (κ2) is 14.4. The van der Waals surface area contributed by atoms with E-state index in [0.717, 1.165) is 65.1 Å². The Morgan fingerprint density at radius 2 is 1.14 bits per heavy atom. The molecule has 0 amide bonds. The molecule has 210 valence electrons.